The van der Waals surface area contributed by atoms with Crippen LogP contribution in [0.1, 0.15) is 19.4 Å². The molecular formula is C12H14BrNO4S. The molecule has 1 aliphatic rings. The maximum atomic E-state index is 12.0. The van der Waals surface area contributed by atoms with Crippen molar-refractivity contribution < 1.29 is 17.9 Å². The molecule has 2 rings (SSSR count). The van der Waals surface area contributed by atoms with Gasteiger partial charge in [0.1, 0.15) is 5.75 Å². The highest BCUT2D eigenvalue weighted by molar-refractivity contribution is 9.10. The average Bonchev–Trinajstić information content (AvgIpc) is 2.35. The molecule has 1 saturated heterocycles. The number of hydrogen-bond donors (Lipinski definition) is 0. The van der Waals surface area contributed by atoms with Gasteiger partial charge in [-0.3, -0.25) is 4.79 Å². The molecule has 1 aromatic carbocycles. The lowest BCUT2D eigenvalue weighted by Crippen LogP contribution is -2.66. The summed E-state index contributed by atoms with van der Waals surface area (Å²) < 4.78 is 29.6. The Morgan fingerprint density at radius 3 is 2.53 bits per heavy atom. The van der Waals surface area contributed by atoms with E-state index in [0.29, 0.717) is 11.3 Å². The fourth-order valence-corrected chi connectivity index (χ4v) is 3.85. The van der Waals surface area contributed by atoms with Gasteiger partial charge < -0.3 is 4.74 Å². The van der Waals surface area contributed by atoms with Gasteiger partial charge >= 0.3 is 0 Å². The van der Waals surface area contributed by atoms with Crippen LogP contribution in [0.25, 0.3) is 0 Å². The van der Waals surface area contributed by atoms with Crippen LogP contribution in [0, 0.1) is 0 Å². The molecule has 1 aliphatic heterocycles. The molecule has 1 heterocycles. The normalized spacial score (nSPS) is 20.0. The first-order valence-electron chi connectivity index (χ1n) is 5.61. The van der Waals surface area contributed by atoms with Crippen LogP contribution >= 0.6 is 15.9 Å². The second kappa shape index (κ2) is 4.49. The zero-order valence-corrected chi connectivity index (χ0v) is 13.2. The van der Waals surface area contributed by atoms with E-state index in [9.17, 15) is 13.2 Å². The number of hydrogen-bond acceptors (Lipinski definition) is 4. The van der Waals surface area contributed by atoms with E-state index in [0.717, 1.165) is 8.78 Å². The van der Waals surface area contributed by atoms with E-state index in [1.807, 2.05) is 0 Å². The molecular weight excluding hydrogens is 334 g/mol. The zero-order valence-electron chi connectivity index (χ0n) is 10.8. The van der Waals surface area contributed by atoms with Gasteiger partial charge in [-0.25, -0.2) is 12.7 Å². The largest absolute Gasteiger partial charge is 0.496 e. The van der Waals surface area contributed by atoms with Gasteiger partial charge in [-0.05, 0) is 32.0 Å². The second-order valence-electron chi connectivity index (χ2n) is 4.78. The lowest BCUT2D eigenvalue weighted by Gasteiger charge is -2.43. The number of amides is 1. The van der Waals surface area contributed by atoms with Gasteiger partial charge in [-0.1, -0.05) is 15.9 Å². The summed E-state index contributed by atoms with van der Waals surface area (Å²) in [6.07, 6.45) is 0. The molecule has 0 atom stereocenters. The molecule has 5 nitrogen and oxygen atoms in total. The summed E-state index contributed by atoms with van der Waals surface area (Å²) in [4.78, 5) is 11.9. The monoisotopic (exact) mass is 347 g/mol. The maximum absolute atomic E-state index is 12.0. The van der Waals surface area contributed by atoms with Crippen molar-refractivity contribution in [3.63, 3.8) is 0 Å². The SMILES string of the molecule is COc1ccc(Br)cc1CN1C(=O)C(C)(C)S1(=O)=O. The summed E-state index contributed by atoms with van der Waals surface area (Å²) in [5.41, 5.74) is 0.643. The number of halogens is 1. The van der Waals surface area contributed by atoms with Crippen molar-refractivity contribution in [2.24, 2.45) is 0 Å². The lowest BCUT2D eigenvalue weighted by molar-refractivity contribution is -0.132. The minimum absolute atomic E-state index is 0.00674. The van der Waals surface area contributed by atoms with Crippen molar-refractivity contribution in [1.82, 2.24) is 4.31 Å². The molecule has 0 spiro atoms. The van der Waals surface area contributed by atoms with Gasteiger partial charge in [-0.15, -0.1) is 0 Å². The van der Waals surface area contributed by atoms with E-state index in [1.54, 1.807) is 18.2 Å². The highest BCUT2D eigenvalue weighted by atomic mass is 79.9. The molecule has 0 aromatic heterocycles. The maximum Gasteiger partial charge on any atom is 0.259 e. The molecule has 0 radical (unpaired) electrons. The van der Waals surface area contributed by atoms with Crippen molar-refractivity contribution in [3.05, 3.63) is 28.2 Å². The summed E-state index contributed by atoms with van der Waals surface area (Å²) in [5.74, 6) is 0.158. The first kappa shape index (κ1) is 14.3. The molecule has 0 N–H and O–H groups in total. The van der Waals surface area contributed by atoms with Crippen molar-refractivity contribution in [1.29, 1.82) is 0 Å². The molecule has 1 aromatic rings. The minimum Gasteiger partial charge on any atom is -0.496 e. The second-order valence-corrected chi connectivity index (χ2v) is 8.11. The van der Waals surface area contributed by atoms with Crippen LogP contribution in [-0.2, 0) is 21.4 Å². The van der Waals surface area contributed by atoms with Gasteiger partial charge in [0.25, 0.3) is 15.9 Å². The Hall–Kier alpha value is -1.08. The fourth-order valence-electron chi connectivity index (χ4n) is 1.94. The van der Waals surface area contributed by atoms with E-state index in [-0.39, 0.29) is 6.54 Å². The third-order valence-electron chi connectivity index (χ3n) is 3.23. The van der Waals surface area contributed by atoms with Gasteiger partial charge in [0.15, 0.2) is 4.75 Å². The molecule has 104 valence electrons. The molecule has 0 bridgehead atoms. The third-order valence-corrected chi connectivity index (χ3v) is 6.07. The van der Waals surface area contributed by atoms with E-state index >= 15 is 0 Å². The van der Waals surface area contributed by atoms with Crippen LogP contribution in [0.4, 0.5) is 0 Å². The number of sulfonamides is 1. The van der Waals surface area contributed by atoms with E-state index < -0.39 is 20.7 Å². The van der Waals surface area contributed by atoms with Crippen LogP contribution in [-0.4, -0.2) is 30.5 Å². The summed E-state index contributed by atoms with van der Waals surface area (Å²) in [6, 6.07) is 5.26. The van der Waals surface area contributed by atoms with Crippen molar-refractivity contribution in [3.8, 4) is 5.75 Å². The Bertz CT molecular complexity index is 639. The Balaban J connectivity index is 2.34. The van der Waals surface area contributed by atoms with E-state index in [2.05, 4.69) is 15.9 Å². The molecule has 0 saturated carbocycles. The van der Waals surface area contributed by atoms with Gasteiger partial charge in [-0.2, -0.15) is 0 Å². The number of benzene rings is 1. The fraction of sp³-hybridized carbons (Fsp3) is 0.417. The third kappa shape index (κ3) is 2.04. The summed E-state index contributed by atoms with van der Waals surface area (Å²) in [7, 11) is -2.07. The molecule has 1 fully saturated rings. The van der Waals surface area contributed by atoms with Crippen LogP contribution < -0.4 is 4.74 Å². The number of rotatable bonds is 3. The quantitative estimate of drug-likeness (QED) is 0.837. The molecule has 0 unspecified atom stereocenters. The summed E-state index contributed by atoms with van der Waals surface area (Å²) in [6.45, 7) is 2.83. The number of nitrogens with zero attached hydrogens (tertiary/aromatic N) is 1. The van der Waals surface area contributed by atoms with Crippen molar-refractivity contribution >= 4 is 31.9 Å². The molecule has 7 heteroatoms. The van der Waals surface area contributed by atoms with E-state index in [4.69, 9.17) is 4.74 Å². The highest BCUT2D eigenvalue weighted by Gasteiger charge is 2.60. The van der Waals surface area contributed by atoms with Crippen molar-refractivity contribution in [2.45, 2.75) is 25.1 Å². The Kier molecular flexibility index (Phi) is 3.38. The predicted molar refractivity (Wildman–Crippen MR) is 74.2 cm³/mol. The topological polar surface area (TPSA) is 63.7 Å². The summed E-state index contributed by atoms with van der Waals surface area (Å²) >= 11 is 3.31. The standard InChI is InChI=1S/C12H14BrNO4S/c1-12(2)11(15)14(19(12,16)17)7-8-6-9(13)4-5-10(8)18-3/h4-6H,7H2,1-3H3. The van der Waals surface area contributed by atoms with Crippen LogP contribution in [0.15, 0.2) is 22.7 Å². The molecule has 1 amide bonds. The lowest BCUT2D eigenvalue weighted by atomic mass is 10.1. The molecule has 19 heavy (non-hydrogen) atoms. The Labute approximate surface area is 120 Å². The number of ether oxygens (including phenoxy) is 1. The van der Waals surface area contributed by atoms with Crippen LogP contribution in [0.3, 0.4) is 0 Å². The first-order valence-corrected chi connectivity index (χ1v) is 7.84. The average molecular weight is 348 g/mol. The zero-order chi connectivity index (χ0) is 14.4. The van der Waals surface area contributed by atoms with Gasteiger partial charge in [0, 0.05) is 10.0 Å². The first-order chi connectivity index (χ1) is 8.71. The van der Waals surface area contributed by atoms with Crippen LogP contribution in [0.2, 0.25) is 0 Å². The Morgan fingerprint density at radius 1 is 1.37 bits per heavy atom. The number of carbonyl (C=O) groups excluding carboxylic acids is 1. The number of methoxy groups -OCH3 is 1. The number of carbonyl (C=O) groups is 1. The van der Waals surface area contributed by atoms with Gasteiger partial charge in [0.2, 0.25) is 0 Å². The highest BCUT2D eigenvalue weighted by Crippen LogP contribution is 2.37. The Morgan fingerprint density at radius 2 is 2.00 bits per heavy atom. The predicted octanol–water partition coefficient (Wildman–Crippen LogP) is 1.91. The van der Waals surface area contributed by atoms with Gasteiger partial charge in [0.05, 0.1) is 13.7 Å². The smallest absolute Gasteiger partial charge is 0.259 e. The van der Waals surface area contributed by atoms with Crippen molar-refractivity contribution in [2.75, 3.05) is 7.11 Å². The summed E-state index contributed by atoms with van der Waals surface area (Å²) in [5, 5.41) is 0. The minimum atomic E-state index is -3.57. The van der Waals surface area contributed by atoms with Crippen LogP contribution in [0.5, 0.6) is 5.75 Å². The molecule has 0 aliphatic carbocycles. The van der Waals surface area contributed by atoms with E-state index in [1.165, 1.54) is 21.0 Å².